The number of pyridine rings is 1. The van der Waals surface area contributed by atoms with Crippen LogP contribution in [0.15, 0.2) is 84.9 Å². The number of anilines is 1. The molecule has 0 aliphatic carbocycles. The van der Waals surface area contributed by atoms with Gasteiger partial charge in [-0.3, -0.25) is 0 Å². The zero-order chi connectivity index (χ0) is 17.2. The Labute approximate surface area is 148 Å². The molecule has 4 rings (SSSR count). The van der Waals surface area contributed by atoms with E-state index >= 15 is 0 Å². The largest absolute Gasteiger partial charge is 0.363 e. The van der Waals surface area contributed by atoms with Gasteiger partial charge in [0, 0.05) is 19.5 Å². The van der Waals surface area contributed by atoms with Crippen LogP contribution in [-0.2, 0) is 0 Å². The number of fused-ring (bicyclic) bond motifs is 1. The van der Waals surface area contributed by atoms with E-state index < -0.39 is 0 Å². The van der Waals surface area contributed by atoms with Gasteiger partial charge in [-0.15, -0.1) is 0 Å². The number of rotatable bonds is 3. The summed E-state index contributed by atoms with van der Waals surface area (Å²) < 4.78 is 0. The maximum Gasteiger partial charge on any atom is 0.129 e. The smallest absolute Gasteiger partial charge is 0.129 e. The Morgan fingerprint density at radius 2 is 1.28 bits per heavy atom. The number of hydrogen-bond donors (Lipinski definition) is 0. The minimum atomic E-state index is 0.971. The van der Waals surface area contributed by atoms with Crippen molar-refractivity contribution in [2.45, 2.75) is 0 Å². The summed E-state index contributed by atoms with van der Waals surface area (Å²) in [5.41, 5.74) is 5.88. The fourth-order valence-electron chi connectivity index (χ4n) is 3.11. The summed E-state index contributed by atoms with van der Waals surface area (Å²) in [6, 6.07) is 29.7. The lowest BCUT2D eigenvalue weighted by Gasteiger charge is -2.16. The minimum Gasteiger partial charge on any atom is -0.363 e. The highest BCUT2D eigenvalue weighted by Crippen LogP contribution is 2.33. The topological polar surface area (TPSA) is 16.1 Å². The molecule has 0 aliphatic rings. The summed E-state index contributed by atoms with van der Waals surface area (Å²) in [5.74, 6) is 0.971. The lowest BCUT2D eigenvalue weighted by molar-refractivity contribution is 1.08. The molecular formula is C23H20N2. The molecule has 0 bridgehead atoms. The van der Waals surface area contributed by atoms with Crippen molar-refractivity contribution in [2.75, 3.05) is 19.0 Å². The Kier molecular flexibility index (Phi) is 3.95. The average molecular weight is 324 g/mol. The molecule has 0 saturated heterocycles. The van der Waals surface area contributed by atoms with E-state index in [4.69, 9.17) is 4.98 Å². The molecule has 1 heterocycles. The van der Waals surface area contributed by atoms with E-state index in [0.29, 0.717) is 0 Å². The van der Waals surface area contributed by atoms with Crippen LogP contribution in [-0.4, -0.2) is 19.1 Å². The van der Waals surface area contributed by atoms with Gasteiger partial charge < -0.3 is 4.90 Å². The second kappa shape index (κ2) is 6.40. The molecule has 0 aliphatic heterocycles. The van der Waals surface area contributed by atoms with Crippen molar-refractivity contribution < 1.29 is 0 Å². The maximum absolute atomic E-state index is 4.82. The predicted molar refractivity (Wildman–Crippen MR) is 107 cm³/mol. The van der Waals surface area contributed by atoms with Gasteiger partial charge in [0.05, 0.1) is 5.52 Å². The Bertz CT molecular complexity index is 1010. The summed E-state index contributed by atoms with van der Waals surface area (Å²) >= 11 is 0. The number of aromatic nitrogens is 1. The molecule has 0 N–H and O–H groups in total. The Morgan fingerprint density at radius 3 is 1.92 bits per heavy atom. The predicted octanol–water partition coefficient (Wildman–Crippen LogP) is 5.63. The first-order chi connectivity index (χ1) is 12.2. The van der Waals surface area contributed by atoms with E-state index in [0.717, 1.165) is 11.3 Å². The van der Waals surface area contributed by atoms with Crippen molar-refractivity contribution in [3.8, 4) is 22.3 Å². The van der Waals surface area contributed by atoms with Crippen LogP contribution in [0.4, 0.5) is 5.82 Å². The van der Waals surface area contributed by atoms with Crippen LogP contribution < -0.4 is 4.90 Å². The van der Waals surface area contributed by atoms with E-state index in [9.17, 15) is 0 Å². The van der Waals surface area contributed by atoms with Gasteiger partial charge in [-0.2, -0.15) is 0 Å². The molecule has 0 radical (unpaired) electrons. The highest BCUT2D eigenvalue weighted by Gasteiger charge is 2.10. The van der Waals surface area contributed by atoms with E-state index in [2.05, 4.69) is 83.8 Å². The summed E-state index contributed by atoms with van der Waals surface area (Å²) in [6.07, 6.45) is 0. The molecule has 2 nitrogen and oxygen atoms in total. The van der Waals surface area contributed by atoms with Gasteiger partial charge in [0.15, 0.2) is 0 Å². The van der Waals surface area contributed by atoms with E-state index in [1.165, 1.54) is 27.6 Å². The van der Waals surface area contributed by atoms with Gasteiger partial charge in [0.25, 0.3) is 0 Å². The lowest BCUT2D eigenvalue weighted by atomic mass is 9.97. The van der Waals surface area contributed by atoms with Gasteiger partial charge in [-0.1, -0.05) is 66.7 Å². The summed E-state index contributed by atoms with van der Waals surface area (Å²) in [5, 5.41) is 1.18. The normalized spacial score (nSPS) is 10.8. The summed E-state index contributed by atoms with van der Waals surface area (Å²) in [7, 11) is 4.06. The van der Waals surface area contributed by atoms with Crippen LogP contribution >= 0.6 is 0 Å². The molecule has 2 heteroatoms. The second-order valence-electron chi connectivity index (χ2n) is 6.39. The lowest BCUT2D eigenvalue weighted by Crippen LogP contribution is -2.10. The highest BCUT2D eigenvalue weighted by atomic mass is 15.1. The van der Waals surface area contributed by atoms with E-state index in [1.807, 2.05) is 20.2 Å². The number of nitrogens with zero attached hydrogens (tertiary/aromatic N) is 2. The van der Waals surface area contributed by atoms with Gasteiger partial charge in [0.1, 0.15) is 5.82 Å². The van der Waals surface area contributed by atoms with Gasteiger partial charge in [-0.25, -0.2) is 4.98 Å². The Morgan fingerprint density at radius 1 is 0.640 bits per heavy atom. The maximum atomic E-state index is 4.82. The summed E-state index contributed by atoms with van der Waals surface area (Å²) in [4.78, 5) is 6.87. The van der Waals surface area contributed by atoms with Gasteiger partial charge in [-0.05, 0) is 40.5 Å². The molecule has 0 fully saturated rings. The van der Waals surface area contributed by atoms with Crippen LogP contribution in [0.25, 0.3) is 33.2 Å². The third-order valence-corrected chi connectivity index (χ3v) is 4.45. The fourth-order valence-corrected chi connectivity index (χ4v) is 3.11. The first kappa shape index (κ1) is 15.4. The van der Waals surface area contributed by atoms with Crippen molar-refractivity contribution in [2.24, 2.45) is 0 Å². The van der Waals surface area contributed by atoms with E-state index in [-0.39, 0.29) is 0 Å². The van der Waals surface area contributed by atoms with Crippen LogP contribution in [0, 0.1) is 0 Å². The number of hydrogen-bond acceptors (Lipinski definition) is 2. The molecule has 0 unspecified atom stereocenters. The molecule has 4 aromatic rings. The molecule has 25 heavy (non-hydrogen) atoms. The van der Waals surface area contributed by atoms with Crippen molar-refractivity contribution in [1.29, 1.82) is 0 Å². The first-order valence-corrected chi connectivity index (χ1v) is 8.45. The van der Waals surface area contributed by atoms with Gasteiger partial charge >= 0.3 is 0 Å². The zero-order valence-corrected chi connectivity index (χ0v) is 14.5. The fraction of sp³-hybridized carbons (Fsp3) is 0.0870. The van der Waals surface area contributed by atoms with E-state index in [1.54, 1.807) is 0 Å². The molecule has 0 spiro atoms. The van der Waals surface area contributed by atoms with Gasteiger partial charge in [0.2, 0.25) is 0 Å². The minimum absolute atomic E-state index is 0.971. The van der Waals surface area contributed by atoms with Crippen LogP contribution in [0.1, 0.15) is 0 Å². The van der Waals surface area contributed by atoms with Crippen molar-refractivity contribution in [3.05, 3.63) is 84.9 Å². The highest BCUT2D eigenvalue weighted by molar-refractivity contribution is 5.98. The number of benzene rings is 3. The quantitative estimate of drug-likeness (QED) is 0.485. The Hall–Kier alpha value is -3.13. The molecule has 122 valence electrons. The molecule has 3 aromatic carbocycles. The molecule has 0 amide bonds. The molecular weight excluding hydrogens is 304 g/mol. The van der Waals surface area contributed by atoms with Crippen LogP contribution in [0.2, 0.25) is 0 Å². The third kappa shape index (κ3) is 2.99. The summed E-state index contributed by atoms with van der Waals surface area (Å²) in [6.45, 7) is 0. The molecule has 1 aromatic heterocycles. The van der Waals surface area contributed by atoms with Crippen molar-refractivity contribution >= 4 is 16.7 Å². The van der Waals surface area contributed by atoms with Crippen LogP contribution in [0.3, 0.4) is 0 Å². The SMILES string of the molecule is CN(C)c1cc(-c2ccccc2)c2cc(-c3ccccc3)ccc2n1. The monoisotopic (exact) mass is 324 g/mol. The first-order valence-electron chi connectivity index (χ1n) is 8.45. The zero-order valence-electron chi connectivity index (χ0n) is 14.5. The van der Waals surface area contributed by atoms with Crippen molar-refractivity contribution in [1.82, 2.24) is 4.98 Å². The average Bonchev–Trinajstić information content (AvgIpc) is 2.68. The second-order valence-corrected chi connectivity index (χ2v) is 6.39. The molecule has 0 saturated carbocycles. The van der Waals surface area contributed by atoms with Crippen molar-refractivity contribution in [3.63, 3.8) is 0 Å². The Balaban J connectivity index is 1.99. The third-order valence-electron chi connectivity index (χ3n) is 4.45. The van der Waals surface area contributed by atoms with Crippen LogP contribution in [0.5, 0.6) is 0 Å². The molecule has 0 atom stereocenters. The standard InChI is InChI=1S/C23H20N2/c1-25(2)23-16-20(18-11-7-4-8-12-18)21-15-19(13-14-22(21)24-23)17-9-5-3-6-10-17/h3-16H,1-2H3.